The van der Waals surface area contributed by atoms with Crippen LogP contribution in [0.2, 0.25) is 0 Å². The Bertz CT molecular complexity index is 3090. The maximum absolute atomic E-state index is 7.39. The van der Waals surface area contributed by atoms with Gasteiger partial charge in [0.1, 0.15) is 5.58 Å². The van der Waals surface area contributed by atoms with Crippen molar-refractivity contribution in [2.45, 2.75) is 171 Å². The lowest BCUT2D eigenvalue weighted by Gasteiger charge is -2.48. The third kappa shape index (κ3) is 7.45. The van der Waals surface area contributed by atoms with E-state index in [0.29, 0.717) is 0 Å². The van der Waals surface area contributed by atoms with Crippen molar-refractivity contribution in [3.8, 4) is 11.1 Å². The third-order valence-corrected chi connectivity index (χ3v) is 16.5. The van der Waals surface area contributed by atoms with E-state index in [1.807, 2.05) is 0 Å². The summed E-state index contributed by atoms with van der Waals surface area (Å²) in [4.78, 5) is 5.30. The zero-order chi connectivity index (χ0) is 49.0. The second kappa shape index (κ2) is 15.1. The average molecular weight is 901 g/mol. The molecule has 0 N–H and O–H groups in total. The summed E-state index contributed by atoms with van der Waals surface area (Å²) in [6, 6.07) is 34.1. The number of hydrogen-bond donors (Lipinski definition) is 0. The average Bonchev–Trinajstić information content (AvgIpc) is 3.62. The highest BCUT2D eigenvalue weighted by Gasteiger charge is 2.50. The number of allylic oxidation sites excluding steroid dienone is 2. The van der Waals surface area contributed by atoms with Gasteiger partial charge in [-0.15, -0.1) is 0 Å². The first-order valence-electron chi connectivity index (χ1n) is 25.7. The number of furan rings is 1. The zero-order valence-corrected chi connectivity index (χ0v) is 44.8. The summed E-state index contributed by atoms with van der Waals surface area (Å²) in [6.45, 7) is 42.5. The van der Waals surface area contributed by atoms with Crippen LogP contribution in [-0.4, -0.2) is 12.8 Å². The van der Waals surface area contributed by atoms with Crippen LogP contribution in [0.15, 0.2) is 113 Å². The summed E-state index contributed by atoms with van der Waals surface area (Å²) in [6.07, 6.45) is 9.69. The highest BCUT2D eigenvalue weighted by molar-refractivity contribution is 7.01. The molecule has 0 saturated carbocycles. The first-order valence-corrected chi connectivity index (χ1v) is 25.7. The van der Waals surface area contributed by atoms with Gasteiger partial charge in [0.2, 0.25) is 0 Å². The van der Waals surface area contributed by atoms with E-state index < -0.39 is 0 Å². The normalized spacial score (nSPS) is 19.7. The van der Waals surface area contributed by atoms with E-state index in [-0.39, 0.29) is 51.2 Å². The van der Waals surface area contributed by atoms with Crippen LogP contribution in [0.4, 0.5) is 28.6 Å². The molecular weight excluding hydrogens is 824 g/mol. The van der Waals surface area contributed by atoms with Gasteiger partial charge in [-0.05, 0) is 156 Å². The molecule has 2 atom stereocenters. The van der Waals surface area contributed by atoms with Gasteiger partial charge in [-0.2, -0.15) is 0 Å². The fourth-order valence-electron chi connectivity index (χ4n) is 12.0. The SMILES string of the molecule is Cc1cc2c3c(c1)N(C1C=CC(C(C)(C)C)=CC1C)c1oc4ccc(C(C)(C)C)cc4c1B3c1cc3c(cc1N2c1ccc(C(C)(C)C)cc1-c1ccc(C(C)(C)C)cc1)C(C)(C)CCC3(C)C. The van der Waals surface area contributed by atoms with Crippen LogP contribution in [0.3, 0.4) is 0 Å². The van der Waals surface area contributed by atoms with E-state index in [2.05, 4.69) is 238 Å². The fourth-order valence-corrected chi connectivity index (χ4v) is 12.0. The number of rotatable bonds is 3. The van der Waals surface area contributed by atoms with Crippen molar-refractivity contribution in [1.29, 1.82) is 0 Å². The molecular formula is C64H77BN2O. The molecule has 10 rings (SSSR count). The van der Waals surface area contributed by atoms with Crippen molar-refractivity contribution < 1.29 is 4.42 Å². The Balaban J connectivity index is 1.34. The number of benzene rings is 5. The van der Waals surface area contributed by atoms with Crippen molar-refractivity contribution in [2.75, 3.05) is 9.80 Å². The van der Waals surface area contributed by atoms with Crippen molar-refractivity contribution in [2.24, 2.45) is 11.3 Å². The van der Waals surface area contributed by atoms with Gasteiger partial charge in [-0.1, -0.05) is 178 Å². The first-order chi connectivity index (χ1) is 31.5. The molecule has 352 valence electrons. The molecule has 0 spiro atoms. The topological polar surface area (TPSA) is 19.6 Å². The Hall–Kier alpha value is -5.22. The summed E-state index contributed by atoms with van der Waals surface area (Å²) in [5, 5.41) is 1.23. The molecule has 0 saturated heterocycles. The van der Waals surface area contributed by atoms with E-state index in [1.165, 1.54) is 94.6 Å². The molecule has 4 heteroatoms. The lowest BCUT2D eigenvalue weighted by Crippen LogP contribution is -2.63. The Morgan fingerprint density at radius 3 is 1.76 bits per heavy atom. The second-order valence-corrected chi connectivity index (χ2v) is 26.8. The first kappa shape index (κ1) is 46.5. The molecule has 0 amide bonds. The molecule has 68 heavy (non-hydrogen) atoms. The zero-order valence-electron chi connectivity index (χ0n) is 44.8. The molecule has 3 heterocycles. The standard InChI is InChI=1S/C64H77BN2O/c1-38-31-53-57-54(32-38)67(50-26-23-42(33-39(50)2)60(6,7)8)58-56(46-35-44(62(12,13)14)25-28-55(46)68-58)65(57)49-36-47-48(64(17,18)30-29-63(47,15)16)37-52(49)66(53)51-27-24-43(61(9,10)11)34-45(51)40-19-21-41(22-20-40)59(3,4)5/h19-28,31-37,39,50H,29-30H2,1-18H3. The van der Waals surface area contributed by atoms with Gasteiger partial charge < -0.3 is 14.2 Å². The number of nitrogens with zero attached hydrogens (tertiary/aromatic N) is 2. The molecule has 0 fully saturated rings. The lowest BCUT2D eigenvalue weighted by atomic mass is 9.33. The van der Waals surface area contributed by atoms with Crippen molar-refractivity contribution in [3.63, 3.8) is 0 Å². The van der Waals surface area contributed by atoms with Crippen LogP contribution in [-0.2, 0) is 27.1 Å². The molecule has 0 radical (unpaired) electrons. The summed E-state index contributed by atoms with van der Waals surface area (Å²) in [7, 11) is 0. The van der Waals surface area contributed by atoms with Gasteiger partial charge >= 0.3 is 0 Å². The van der Waals surface area contributed by atoms with Gasteiger partial charge in [-0.25, -0.2) is 0 Å². The molecule has 5 aromatic carbocycles. The van der Waals surface area contributed by atoms with Crippen LogP contribution in [0.1, 0.15) is 164 Å². The molecule has 1 aromatic heterocycles. The largest absolute Gasteiger partial charge is 0.441 e. The van der Waals surface area contributed by atoms with Gasteiger partial charge in [0.25, 0.3) is 6.71 Å². The van der Waals surface area contributed by atoms with Gasteiger partial charge in [0.05, 0.1) is 11.7 Å². The molecule has 3 nitrogen and oxygen atoms in total. The monoisotopic (exact) mass is 901 g/mol. The molecule has 2 aliphatic heterocycles. The smallest absolute Gasteiger partial charge is 0.257 e. The quantitative estimate of drug-likeness (QED) is 0.165. The van der Waals surface area contributed by atoms with E-state index >= 15 is 0 Å². The fraction of sp³-hybridized carbons (Fsp3) is 0.438. The minimum absolute atomic E-state index is 0.0205. The summed E-state index contributed by atoms with van der Waals surface area (Å²) in [5.41, 5.74) is 22.2. The molecule has 2 aliphatic carbocycles. The molecule has 2 unspecified atom stereocenters. The molecule has 0 bridgehead atoms. The predicted octanol–water partition coefficient (Wildman–Crippen LogP) is 15.9. The summed E-state index contributed by atoms with van der Waals surface area (Å²) in [5.74, 6) is 1.22. The van der Waals surface area contributed by atoms with Gasteiger partial charge in [0.15, 0.2) is 5.88 Å². The minimum Gasteiger partial charge on any atom is -0.441 e. The van der Waals surface area contributed by atoms with Crippen molar-refractivity contribution in [1.82, 2.24) is 0 Å². The Kier molecular flexibility index (Phi) is 10.4. The summed E-state index contributed by atoms with van der Waals surface area (Å²) < 4.78 is 7.39. The van der Waals surface area contributed by atoms with E-state index in [9.17, 15) is 0 Å². The van der Waals surface area contributed by atoms with Crippen molar-refractivity contribution >= 4 is 62.7 Å². The van der Waals surface area contributed by atoms with Crippen LogP contribution < -0.4 is 26.2 Å². The van der Waals surface area contributed by atoms with Gasteiger partial charge in [0, 0.05) is 33.5 Å². The predicted molar refractivity (Wildman–Crippen MR) is 295 cm³/mol. The van der Waals surface area contributed by atoms with E-state index in [1.54, 1.807) is 0 Å². The number of aryl methyl sites for hydroxylation is 1. The molecule has 4 aliphatic rings. The lowest BCUT2D eigenvalue weighted by molar-refractivity contribution is 0.332. The van der Waals surface area contributed by atoms with Crippen LogP contribution in [0.25, 0.3) is 22.1 Å². The van der Waals surface area contributed by atoms with Crippen LogP contribution in [0.5, 0.6) is 0 Å². The maximum atomic E-state index is 7.39. The summed E-state index contributed by atoms with van der Waals surface area (Å²) >= 11 is 0. The Labute approximate surface area is 410 Å². The van der Waals surface area contributed by atoms with Gasteiger partial charge in [-0.3, -0.25) is 0 Å². The third-order valence-electron chi connectivity index (χ3n) is 16.5. The number of fused-ring (bicyclic) bond motifs is 7. The number of anilines is 5. The van der Waals surface area contributed by atoms with Crippen LogP contribution in [0, 0.1) is 18.3 Å². The second-order valence-electron chi connectivity index (χ2n) is 26.8. The van der Waals surface area contributed by atoms with Crippen LogP contribution >= 0.6 is 0 Å². The number of hydrogen-bond acceptors (Lipinski definition) is 3. The molecule has 6 aromatic rings. The Morgan fingerprint density at radius 1 is 0.588 bits per heavy atom. The highest BCUT2D eigenvalue weighted by Crippen LogP contribution is 2.53. The van der Waals surface area contributed by atoms with Crippen molar-refractivity contribution in [3.05, 3.63) is 142 Å². The maximum Gasteiger partial charge on any atom is 0.257 e. The minimum atomic E-state index is -0.0485. The Morgan fingerprint density at radius 2 is 1.16 bits per heavy atom. The van der Waals surface area contributed by atoms with E-state index in [4.69, 9.17) is 4.42 Å². The highest BCUT2D eigenvalue weighted by atomic mass is 16.4. The van der Waals surface area contributed by atoms with E-state index in [0.717, 1.165) is 24.3 Å².